The van der Waals surface area contributed by atoms with Gasteiger partial charge in [-0.15, -0.1) is 0 Å². The first-order valence-corrected chi connectivity index (χ1v) is 6.19. The largest absolute Gasteiger partial charge is 0.452 e. The molecule has 0 spiro atoms. The maximum absolute atomic E-state index is 13.4. The lowest BCUT2D eigenvalue weighted by atomic mass is 10.2. The zero-order chi connectivity index (χ0) is 15.4. The molecule has 0 aliphatic heterocycles. The molecular formula is C13H10ClFN2O4. The smallest absolute Gasteiger partial charge is 0.341 e. The molecule has 0 aliphatic carbocycles. The number of anilines is 1. The molecule has 2 rings (SSSR count). The molecule has 1 aromatic heterocycles. The van der Waals surface area contributed by atoms with Crippen LogP contribution >= 0.6 is 11.6 Å². The summed E-state index contributed by atoms with van der Waals surface area (Å²) >= 11 is 5.66. The van der Waals surface area contributed by atoms with Gasteiger partial charge in [0, 0.05) is 11.1 Å². The van der Waals surface area contributed by atoms with E-state index >= 15 is 0 Å². The minimum atomic E-state index is -0.985. The van der Waals surface area contributed by atoms with E-state index in [1.54, 1.807) is 6.92 Å². The molecule has 2 aromatic rings. The maximum atomic E-state index is 13.4. The predicted octanol–water partition coefficient (Wildman–Crippen LogP) is 2.57. The molecule has 0 saturated carbocycles. The molecule has 1 aromatic carbocycles. The number of hydrogen-bond acceptors (Lipinski definition) is 5. The average molecular weight is 313 g/mol. The normalized spacial score (nSPS) is 10.2. The van der Waals surface area contributed by atoms with Gasteiger partial charge in [-0.3, -0.25) is 4.79 Å². The number of benzene rings is 1. The third-order valence-electron chi connectivity index (χ3n) is 2.38. The third-order valence-corrected chi connectivity index (χ3v) is 2.61. The number of nitrogens with zero attached hydrogens (tertiary/aromatic N) is 1. The molecule has 1 heterocycles. The topological polar surface area (TPSA) is 81.4 Å². The van der Waals surface area contributed by atoms with Gasteiger partial charge in [-0.05, 0) is 25.1 Å². The lowest BCUT2D eigenvalue weighted by Gasteiger charge is -2.05. The van der Waals surface area contributed by atoms with E-state index in [1.165, 1.54) is 12.1 Å². The fraction of sp³-hybridized carbons (Fsp3) is 0.154. The number of aryl methyl sites for hydroxylation is 1. The Labute approximate surface area is 123 Å². The molecule has 21 heavy (non-hydrogen) atoms. The first kappa shape index (κ1) is 15.0. The first-order valence-electron chi connectivity index (χ1n) is 5.81. The summed E-state index contributed by atoms with van der Waals surface area (Å²) in [4.78, 5) is 23.2. The van der Waals surface area contributed by atoms with Gasteiger partial charge < -0.3 is 14.6 Å². The number of ether oxygens (including phenoxy) is 1. The lowest BCUT2D eigenvalue weighted by molar-refractivity contribution is -0.119. The summed E-state index contributed by atoms with van der Waals surface area (Å²) in [6.07, 6.45) is 0. The highest BCUT2D eigenvalue weighted by Crippen LogP contribution is 2.15. The van der Waals surface area contributed by atoms with E-state index in [0.717, 1.165) is 12.1 Å². The number of hydrogen-bond donors (Lipinski definition) is 1. The van der Waals surface area contributed by atoms with Gasteiger partial charge in [0.25, 0.3) is 5.91 Å². The van der Waals surface area contributed by atoms with Crippen LogP contribution in [0.1, 0.15) is 16.1 Å². The van der Waals surface area contributed by atoms with Crippen LogP contribution in [0.2, 0.25) is 5.02 Å². The number of esters is 1. The van der Waals surface area contributed by atoms with Crippen LogP contribution in [0.25, 0.3) is 0 Å². The standard InChI is InChI=1S/C13H10ClFN2O4/c1-7-4-11(17-21-7)16-12(18)6-20-13(19)9-5-8(14)2-3-10(9)15/h2-5H,6H2,1H3,(H,16,17,18). The Kier molecular flexibility index (Phi) is 4.54. The van der Waals surface area contributed by atoms with Crippen LogP contribution in [0.4, 0.5) is 10.2 Å². The van der Waals surface area contributed by atoms with Crippen molar-refractivity contribution >= 4 is 29.3 Å². The second-order valence-electron chi connectivity index (χ2n) is 4.07. The van der Waals surface area contributed by atoms with Gasteiger partial charge in [-0.1, -0.05) is 16.8 Å². The number of carbonyl (C=O) groups is 2. The number of carbonyl (C=O) groups excluding carboxylic acids is 2. The van der Waals surface area contributed by atoms with Crippen LogP contribution in [-0.2, 0) is 9.53 Å². The van der Waals surface area contributed by atoms with Gasteiger partial charge in [0.2, 0.25) is 0 Å². The molecule has 0 bridgehead atoms. The van der Waals surface area contributed by atoms with Gasteiger partial charge in [0.05, 0.1) is 5.56 Å². The van der Waals surface area contributed by atoms with Crippen molar-refractivity contribution < 1.29 is 23.2 Å². The fourth-order valence-electron chi connectivity index (χ4n) is 1.47. The highest BCUT2D eigenvalue weighted by molar-refractivity contribution is 6.30. The highest BCUT2D eigenvalue weighted by Gasteiger charge is 2.16. The van der Waals surface area contributed by atoms with Crippen molar-refractivity contribution in [1.82, 2.24) is 5.16 Å². The Hall–Kier alpha value is -2.41. The quantitative estimate of drug-likeness (QED) is 0.877. The number of rotatable bonds is 4. The molecule has 0 atom stereocenters. The molecule has 110 valence electrons. The summed E-state index contributed by atoms with van der Waals surface area (Å²) in [6.45, 7) is 1.07. The minimum Gasteiger partial charge on any atom is -0.452 e. The van der Waals surface area contributed by atoms with Gasteiger partial charge in [-0.25, -0.2) is 9.18 Å². The molecule has 0 fully saturated rings. The van der Waals surface area contributed by atoms with Crippen molar-refractivity contribution in [1.29, 1.82) is 0 Å². The average Bonchev–Trinajstić information content (AvgIpc) is 2.84. The monoisotopic (exact) mass is 312 g/mol. The van der Waals surface area contributed by atoms with Crippen LogP contribution in [-0.4, -0.2) is 23.6 Å². The van der Waals surface area contributed by atoms with Crippen LogP contribution in [0, 0.1) is 12.7 Å². The van der Waals surface area contributed by atoms with Crippen molar-refractivity contribution in [2.24, 2.45) is 0 Å². The number of aromatic nitrogens is 1. The molecule has 1 N–H and O–H groups in total. The Bertz CT molecular complexity index is 687. The zero-order valence-corrected chi connectivity index (χ0v) is 11.6. The van der Waals surface area contributed by atoms with E-state index in [1.807, 2.05) is 0 Å². The third kappa shape index (κ3) is 4.03. The van der Waals surface area contributed by atoms with Crippen LogP contribution in [0.3, 0.4) is 0 Å². The SMILES string of the molecule is Cc1cc(NC(=O)COC(=O)c2cc(Cl)ccc2F)no1. The molecule has 0 unspecified atom stereocenters. The van der Waals surface area contributed by atoms with Gasteiger partial charge in [-0.2, -0.15) is 0 Å². The Morgan fingerprint density at radius 2 is 2.19 bits per heavy atom. The van der Waals surface area contributed by atoms with Crippen LogP contribution in [0.15, 0.2) is 28.8 Å². The minimum absolute atomic E-state index is 0.186. The number of amides is 1. The summed E-state index contributed by atoms with van der Waals surface area (Å²) in [5.74, 6) is -1.68. The van der Waals surface area contributed by atoms with Crippen molar-refractivity contribution in [3.63, 3.8) is 0 Å². The Morgan fingerprint density at radius 1 is 1.43 bits per heavy atom. The lowest BCUT2D eigenvalue weighted by Crippen LogP contribution is -2.21. The molecule has 8 heteroatoms. The summed E-state index contributed by atoms with van der Waals surface area (Å²) in [5.41, 5.74) is -0.340. The first-order chi connectivity index (χ1) is 9.95. The van der Waals surface area contributed by atoms with Gasteiger partial charge >= 0.3 is 5.97 Å². The van der Waals surface area contributed by atoms with E-state index in [0.29, 0.717) is 5.76 Å². The van der Waals surface area contributed by atoms with E-state index in [-0.39, 0.29) is 16.4 Å². The zero-order valence-electron chi connectivity index (χ0n) is 10.9. The molecule has 1 amide bonds. The highest BCUT2D eigenvalue weighted by atomic mass is 35.5. The van der Waals surface area contributed by atoms with Gasteiger partial charge in [0.1, 0.15) is 11.6 Å². The Balaban J connectivity index is 1.91. The van der Waals surface area contributed by atoms with Crippen molar-refractivity contribution in [3.8, 4) is 0 Å². The number of nitrogens with one attached hydrogen (secondary N) is 1. The molecule has 0 radical (unpaired) electrons. The van der Waals surface area contributed by atoms with Crippen LogP contribution in [0.5, 0.6) is 0 Å². The second kappa shape index (κ2) is 6.36. The summed E-state index contributed by atoms with van der Waals surface area (Å²) in [6, 6.07) is 4.96. The predicted molar refractivity (Wildman–Crippen MR) is 71.6 cm³/mol. The maximum Gasteiger partial charge on any atom is 0.341 e. The van der Waals surface area contributed by atoms with Crippen LogP contribution < -0.4 is 5.32 Å². The Morgan fingerprint density at radius 3 is 2.86 bits per heavy atom. The van der Waals surface area contributed by atoms with E-state index < -0.39 is 24.3 Å². The van der Waals surface area contributed by atoms with E-state index in [2.05, 4.69) is 10.5 Å². The van der Waals surface area contributed by atoms with E-state index in [4.69, 9.17) is 20.9 Å². The van der Waals surface area contributed by atoms with Gasteiger partial charge in [0.15, 0.2) is 12.4 Å². The van der Waals surface area contributed by atoms with E-state index in [9.17, 15) is 14.0 Å². The fourth-order valence-corrected chi connectivity index (χ4v) is 1.64. The molecular weight excluding hydrogens is 303 g/mol. The summed E-state index contributed by atoms with van der Waals surface area (Å²) in [7, 11) is 0. The molecule has 0 saturated heterocycles. The summed E-state index contributed by atoms with van der Waals surface area (Å²) < 4.78 is 22.9. The second-order valence-corrected chi connectivity index (χ2v) is 4.51. The summed E-state index contributed by atoms with van der Waals surface area (Å²) in [5, 5.41) is 6.08. The van der Waals surface area contributed by atoms with Crippen molar-refractivity contribution in [2.75, 3.05) is 11.9 Å². The number of halogens is 2. The van der Waals surface area contributed by atoms with Crippen molar-refractivity contribution in [2.45, 2.75) is 6.92 Å². The molecule has 6 nitrogen and oxygen atoms in total. The van der Waals surface area contributed by atoms with Crippen molar-refractivity contribution in [3.05, 3.63) is 46.4 Å². The molecule has 0 aliphatic rings.